The number of hydrogen-bond acceptors (Lipinski definition) is 5. The summed E-state index contributed by atoms with van der Waals surface area (Å²) in [5.74, 6) is 0.733. The van der Waals surface area contributed by atoms with Crippen LogP contribution in [0.15, 0.2) is 42.5 Å². The maximum absolute atomic E-state index is 12.0. The van der Waals surface area contributed by atoms with Gasteiger partial charge in [0.2, 0.25) is 5.13 Å². The first-order valence-corrected chi connectivity index (χ1v) is 9.05. The van der Waals surface area contributed by atoms with Crippen molar-refractivity contribution in [2.45, 2.75) is 20.5 Å². The van der Waals surface area contributed by atoms with Gasteiger partial charge in [-0.15, -0.1) is 10.2 Å². The summed E-state index contributed by atoms with van der Waals surface area (Å²) in [6, 6.07) is 12.6. The van der Waals surface area contributed by atoms with Crippen LogP contribution in [-0.2, 0) is 6.61 Å². The van der Waals surface area contributed by atoms with Gasteiger partial charge in [-0.3, -0.25) is 5.32 Å². The molecule has 2 amide bonds. The van der Waals surface area contributed by atoms with Crippen LogP contribution < -0.4 is 15.4 Å². The second-order valence-electron chi connectivity index (χ2n) is 5.64. The fourth-order valence-electron chi connectivity index (χ4n) is 2.17. The van der Waals surface area contributed by atoms with Crippen LogP contribution in [0, 0.1) is 13.8 Å². The molecule has 26 heavy (non-hydrogen) atoms. The van der Waals surface area contributed by atoms with Crippen LogP contribution >= 0.6 is 22.9 Å². The highest BCUT2D eigenvalue weighted by molar-refractivity contribution is 7.15. The molecule has 0 aliphatic heterocycles. The fraction of sp³-hybridized carbons (Fsp3) is 0.167. The summed E-state index contributed by atoms with van der Waals surface area (Å²) in [4.78, 5) is 12.0. The van der Waals surface area contributed by atoms with E-state index in [9.17, 15) is 4.79 Å². The molecule has 8 heteroatoms. The van der Waals surface area contributed by atoms with E-state index < -0.39 is 0 Å². The molecular formula is C18H17ClN4O2S. The molecule has 1 heterocycles. The Bertz CT molecular complexity index is 912. The molecule has 0 fully saturated rings. The van der Waals surface area contributed by atoms with Gasteiger partial charge in [0.05, 0.1) is 0 Å². The van der Waals surface area contributed by atoms with Crippen molar-refractivity contribution in [3.05, 3.63) is 63.6 Å². The normalized spacial score (nSPS) is 10.4. The molecule has 0 bridgehead atoms. The Hall–Kier alpha value is -2.64. The maximum atomic E-state index is 12.0. The second-order valence-corrected chi connectivity index (χ2v) is 7.14. The molecule has 6 nitrogen and oxygen atoms in total. The zero-order valence-electron chi connectivity index (χ0n) is 14.2. The number of carbonyl (C=O) groups excluding carboxylic acids is 1. The summed E-state index contributed by atoms with van der Waals surface area (Å²) in [6.45, 7) is 4.17. The smallest absolute Gasteiger partial charge is 0.325 e. The van der Waals surface area contributed by atoms with Crippen molar-refractivity contribution in [2.75, 3.05) is 10.6 Å². The van der Waals surface area contributed by atoms with Gasteiger partial charge in [-0.05, 0) is 49.7 Å². The van der Waals surface area contributed by atoms with E-state index in [4.69, 9.17) is 16.3 Å². The number of benzene rings is 2. The quantitative estimate of drug-likeness (QED) is 0.642. The van der Waals surface area contributed by atoms with Gasteiger partial charge in [0.1, 0.15) is 12.4 Å². The third-order valence-corrected chi connectivity index (χ3v) is 4.53. The Morgan fingerprint density at radius 2 is 1.88 bits per heavy atom. The molecule has 0 aliphatic rings. The molecule has 3 aromatic rings. The summed E-state index contributed by atoms with van der Waals surface area (Å²) in [5, 5.41) is 15.1. The minimum Gasteiger partial charge on any atom is -0.486 e. The van der Waals surface area contributed by atoms with Gasteiger partial charge in [0, 0.05) is 10.7 Å². The van der Waals surface area contributed by atoms with Gasteiger partial charge >= 0.3 is 6.03 Å². The van der Waals surface area contributed by atoms with Crippen LogP contribution in [0.1, 0.15) is 16.1 Å². The van der Waals surface area contributed by atoms with Crippen molar-refractivity contribution in [2.24, 2.45) is 0 Å². The number of rotatable bonds is 5. The predicted molar refractivity (Wildman–Crippen MR) is 104 cm³/mol. The Kier molecular flexibility index (Phi) is 5.70. The van der Waals surface area contributed by atoms with Crippen LogP contribution in [-0.4, -0.2) is 16.2 Å². The standard InChI is InChI=1S/C18H17ClN4O2S/c1-11-3-6-14(7-4-11)20-17(24)21-18-23-22-16(26-18)10-25-15-8-5-13(19)9-12(15)2/h3-9H,10H2,1-2H3,(H2,20,21,23,24). The first-order valence-electron chi connectivity index (χ1n) is 7.85. The highest BCUT2D eigenvalue weighted by Crippen LogP contribution is 2.24. The second kappa shape index (κ2) is 8.16. The van der Waals surface area contributed by atoms with E-state index in [0.29, 0.717) is 20.8 Å². The lowest BCUT2D eigenvalue weighted by atomic mass is 10.2. The van der Waals surface area contributed by atoms with Crippen molar-refractivity contribution in [1.82, 2.24) is 10.2 Å². The van der Waals surface area contributed by atoms with E-state index in [1.54, 1.807) is 6.07 Å². The molecule has 2 N–H and O–H groups in total. The lowest BCUT2D eigenvalue weighted by Gasteiger charge is -2.07. The Morgan fingerprint density at radius 1 is 1.12 bits per heavy atom. The summed E-state index contributed by atoms with van der Waals surface area (Å²) >= 11 is 7.19. The Morgan fingerprint density at radius 3 is 2.62 bits per heavy atom. The first kappa shape index (κ1) is 18.2. The molecule has 3 rings (SSSR count). The van der Waals surface area contributed by atoms with Gasteiger partial charge in [-0.25, -0.2) is 4.79 Å². The SMILES string of the molecule is Cc1ccc(NC(=O)Nc2nnc(COc3ccc(Cl)cc3C)s2)cc1. The van der Waals surface area contributed by atoms with Gasteiger partial charge in [-0.2, -0.15) is 0 Å². The van der Waals surface area contributed by atoms with Crippen LogP contribution in [0.4, 0.5) is 15.6 Å². The van der Waals surface area contributed by atoms with E-state index in [1.807, 2.05) is 50.2 Å². The zero-order valence-corrected chi connectivity index (χ0v) is 15.8. The molecule has 2 aromatic carbocycles. The topological polar surface area (TPSA) is 76.1 Å². The lowest BCUT2D eigenvalue weighted by Crippen LogP contribution is -2.19. The van der Waals surface area contributed by atoms with Crippen molar-refractivity contribution in [1.29, 1.82) is 0 Å². The first-order chi connectivity index (χ1) is 12.5. The number of urea groups is 1. The molecule has 0 saturated heterocycles. The monoisotopic (exact) mass is 388 g/mol. The Labute approximate surface area is 160 Å². The average Bonchev–Trinajstić information content (AvgIpc) is 3.03. The van der Waals surface area contributed by atoms with Crippen molar-refractivity contribution >= 4 is 39.8 Å². The molecule has 0 radical (unpaired) electrons. The molecule has 0 saturated carbocycles. The largest absolute Gasteiger partial charge is 0.486 e. The van der Waals surface area contributed by atoms with Gasteiger partial charge in [0.15, 0.2) is 5.01 Å². The van der Waals surface area contributed by atoms with Gasteiger partial charge in [0.25, 0.3) is 0 Å². The number of hydrogen-bond donors (Lipinski definition) is 2. The minimum absolute atomic E-state index is 0.265. The maximum Gasteiger partial charge on any atom is 0.325 e. The molecule has 0 atom stereocenters. The van der Waals surface area contributed by atoms with Crippen LogP contribution in [0.25, 0.3) is 0 Å². The summed E-state index contributed by atoms with van der Waals surface area (Å²) in [5.41, 5.74) is 2.78. The summed E-state index contributed by atoms with van der Waals surface area (Å²) in [7, 11) is 0. The van der Waals surface area contributed by atoms with Crippen molar-refractivity contribution in [3.63, 3.8) is 0 Å². The number of aromatic nitrogens is 2. The number of nitrogens with one attached hydrogen (secondary N) is 2. The number of aryl methyl sites for hydroxylation is 2. The zero-order chi connectivity index (χ0) is 18.5. The van der Waals surface area contributed by atoms with Crippen LogP contribution in [0.5, 0.6) is 5.75 Å². The number of carbonyl (C=O) groups is 1. The van der Waals surface area contributed by atoms with E-state index >= 15 is 0 Å². The summed E-state index contributed by atoms with van der Waals surface area (Å²) in [6.07, 6.45) is 0. The van der Waals surface area contributed by atoms with E-state index in [2.05, 4.69) is 20.8 Å². The molecule has 0 aliphatic carbocycles. The van der Waals surface area contributed by atoms with E-state index in [-0.39, 0.29) is 12.6 Å². The molecule has 134 valence electrons. The number of amides is 2. The highest BCUT2D eigenvalue weighted by atomic mass is 35.5. The molecule has 1 aromatic heterocycles. The number of halogens is 1. The average molecular weight is 389 g/mol. The predicted octanol–water partition coefficient (Wildman–Crippen LogP) is 5.03. The third kappa shape index (κ3) is 4.93. The summed E-state index contributed by atoms with van der Waals surface area (Å²) < 4.78 is 5.72. The Balaban J connectivity index is 1.54. The van der Waals surface area contributed by atoms with Gasteiger partial charge < -0.3 is 10.1 Å². The fourth-order valence-corrected chi connectivity index (χ4v) is 3.05. The number of ether oxygens (including phenoxy) is 1. The highest BCUT2D eigenvalue weighted by Gasteiger charge is 2.09. The van der Waals surface area contributed by atoms with Crippen molar-refractivity contribution < 1.29 is 9.53 Å². The molecule has 0 unspecified atom stereocenters. The number of nitrogens with zero attached hydrogens (tertiary/aromatic N) is 2. The third-order valence-electron chi connectivity index (χ3n) is 3.48. The van der Waals surface area contributed by atoms with Crippen LogP contribution in [0.3, 0.4) is 0 Å². The molecule has 0 spiro atoms. The van der Waals surface area contributed by atoms with Gasteiger partial charge in [-0.1, -0.05) is 40.6 Å². The number of anilines is 2. The molecular weight excluding hydrogens is 372 g/mol. The van der Waals surface area contributed by atoms with Crippen LogP contribution in [0.2, 0.25) is 5.02 Å². The van der Waals surface area contributed by atoms with E-state index in [0.717, 1.165) is 16.9 Å². The lowest BCUT2D eigenvalue weighted by molar-refractivity contribution is 0.262. The van der Waals surface area contributed by atoms with E-state index in [1.165, 1.54) is 11.3 Å². The van der Waals surface area contributed by atoms with Crippen molar-refractivity contribution in [3.8, 4) is 5.75 Å². The minimum atomic E-state index is -0.369.